The minimum Gasteiger partial charge on any atom is -0.393 e. The van der Waals surface area contributed by atoms with Gasteiger partial charge in [0.1, 0.15) is 0 Å². The van der Waals surface area contributed by atoms with Crippen LogP contribution in [-0.4, -0.2) is 11.2 Å². The van der Waals surface area contributed by atoms with Crippen LogP contribution in [0.15, 0.2) is 0 Å². The van der Waals surface area contributed by atoms with E-state index >= 15 is 0 Å². The molecular weight excluding hydrogens is 138 g/mol. The van der Waals surface area contributed by atoms with Crippen molar-refractivity contribution in [3.8, 4) is 6.07 Å². The van der Waals surface area contributed by atoms with E-state index in [1.807, 2.05) is 6.92 Å². The van der Waals surface area contributed by atoms with Crippen molar-refractivity contribution in [2.24, 2.45) is 17.3 Å². The first-order chi connectivity index (χ1) is 5.15. The highest BCUT2D eigenvalue weighted by atomic mass is 16.3. The van der Waals surface area contributed by atoms with E-state index in [9.17, 15) is 5.11 Å². The number of fused-ring (bicyclic) bond motifs is 2. The van der Waals surface area contributed by atoms with Gasteiger partial charge in [0.2, 0.25) is 0 Å². The molecule has 11 heavy (non-hydrogen) atoms. The molecule has 0 aliphatic heterocycles. The zero-order valence-electron chi connectivity index (χ0n) is 6.75. The largest absolute Gasteiger partial charge is 0.393 e. The SMILES string of the molecule is C[C@@]1(C#N)C[C@H]2C[C@@H]1C[C@H]2O. The van der Waals surface area contributed by atoms with E-state index < -0.39 is 0 Å². The van der Waals surface area contributed by atoms with Crippen molar-refractivity contribution in [2.45, 2.75) is 32.3 Å². The quantitative estimate of drug-likeness (QED) is 0.567. The van der Waals surface area contributed by atoms with Gasteiger partial charge in [-0.1, -0.05) is 0 Å². The van der Waals surface area contributed by atoms with E-state index in [1.54, 1.807) is 0 Å². The van der Waals surface area contributed by atoms with Gasteiger partial charge in [-0.15, -0.1) is 0 Å². The summed E-state index contributed by atoms with van der Waals surface area (Å²) in [6.45, 7) is 2.03. The Morgan fingerprint density at radius 3 is 2.64 bits per heavy atom. The molecule has 2 nitrogen and oxygen atoms in total. The van der Waals surface area contributed by atoms with Crippen molar-refractivity contribution in [3.63, 3.8) is 0 Å². The first-order valence-electron chi connectivity index (χ1n) is 4.25. The third-order valence-corrected chi connectivity index (χ3v) is 3.50. The van der Waals surface area contributed by atoms with Crippen LogP contribution in [0.2, 0.25) is 0 Å². The van der Waals surface area contributed by atoms with E-state index in [1.165, 1.54) is 0 Å². The minimum atomic E-state index is -0.121. The van der Waals surface area contributed by atoms with Gasteiger partial charge in [-0.05, 0) is 38.0 Å². The number of hydrogen-bond donors (Lipinski definition) is 1. The van der Waals surface area contributed by atoms with Crippen LogP contribution < -0.4 is 0 Å². The normalized spacial score (nSPS) is 54.5. The molecule has 2 aliphatic rings. The van der Waals surface area contributed by atoms with Crippen molar-refractivity contribution < 1.29 is 5.11 Å². The molecule has 0 aromatic heterocycles. The highest BCUT2D eigenvalue weighted by Gasteiger charge is 2.52. The van der Waals surface area contributed by atoms with Crippen LogP contribution in [0.25, 0.3) is 0 Å². The van der Waals surface area contributed by atoms with Crippen molar-refractivity contribution in [2.75, 3.05) is 0 Å². The van der Waals surface area contributed by atoms with E-state index in [4.69, 9.17) is 5.26 Å². The van der Waals surface area contributed by atoms with Crippen LogP contribution in [0.4, 0.5) is 0 Å². The van der Waals surface area contributed by atoms with E-state index in [0.717, 1.165) is 19.3 Å². The summed E-state index contributed by atoms with van der Waals surface area (Å²) in [6, 6.07) is 2.38. The van der Waals surface area contributed by atoms with Crippen molar-refractivity contribution >= 4 is 0 Å². The van der Waals surface area contributed by atoms with Gasteiger partial charge in [0.25, 0.3) is 0 Å². The van der Waals surface area contributed by atoms with E-state index in [0.29, 0.717) is 11.8 Å². The first kappa shape index (κ1) is 7.12. The zero-order valence-corrected chi connectivity index (χ0v) is 6.75. The molecule has 0 aromatic carbocycles. The number of aliphatic hydroxyl groups excluding tert-OH is 1. The predicted octanol–water partition coefficient (Wildman–Crippen LogP) is 1.31. The fourth-order valence-corrected chi connectivity index (χ4v) is 2.69. The second-order valence-corrected chi connectivity index (χ2v) is 4.23. The fraction of sp³-hybridized carbons (Fsp3) is 0.889. The summed E-state index contributed by atoms with van der Waals surface area (Å²) in [5.41, 5.74) is -0.121. The lowest BCUT2D eigenvalue weighted by Crippen LogP contribution is -2.28. The first-order valence-corrected chi connectivity index (χ1v) is 4.25. The summed E-state index contributed by atoms with van der Waals surface area (Å²) in [6.07, 6.45) is 2.73. The molecule has 0 heterocycles. The molecule has 2 bridgehead atoms. The maximum absolute atomic E-state index is 9.44. The average Bonchev–Trinajstić information content (AvgIpc) is 2.45. The second-order valence-electron chi connectivity index (χ2n) is 4.23. The topological polar surface area (TPSA) is 44.0 Å². The Morgan fingerprint density at radius 2 is 2.27 bits per heavy atom. The molecule has 2 aliphatic carbocycles. The van der Waals surface area contributed by atoms with Gasteiger partial charge in [-0.25, -0.2) is 0 Å². The molecule has 4 atom stereocenters. The molecule has 0 saturated heterocycles. The number of nitriles is 1. The van der Waals surface area contributed by atoms with Gasteiger partial charge in [-0.3, -0.25) is 0 Å². The third-order valence-electron chi connectivity index (χ3n) is 3.50. The monoisotopic (exact) mass is 151 g/mol. The molecule has 0 spiro atoms. The number of nitrogens with zero attached hydrogens (tertiary/aromatic N) is 1. The van der Waals surface area contributed by atoms with Crippen LogP contribution in [0.3, 0.4) is 0 Å². The maximum Gasteiger partial charge on any atom is 0.0689 e. The maximum atomic E-state index is 9.44. The van der Waals surface area contributed by atoms with E-state index in [-0.39, 0.29) is 11.5 Å². The average molecular weight is 151 g/mol. The summed E-state index contributed by atoms with van der Waals surface area (Å²) in [4.78, 5) is 0. The van der Waals surface area contributed by atoms with Gasteiger partial charge in [0.05, 0.1) is 17.6 Å². The molecule has 1 N–H and O–H groups in total. The molecule has 0 radical (unpaired) electrons. The molecule has 0 amide bonds. The zero-order chi connectivity index (χ0) is 8.06. The fourth-order valence-electron chi connectivity index (χ4n) is 2.69. The highest BCUT2D eigenvalue weighted by molar-refractivity contribution is 5.11. The van der Waals surface area contributed by atoms with Crippen molar-refractivity contribution in [1.29, 1.82) is 5.26 Å². The van der Waals surface area contributed by atoms with Crippen LogP contribution in [-0.2, 0) is 0 Å². The summed E-state index contributed by atoms with van der Waals surface area (Å²) in [7, 11) is 0. The van der Waals surface area contributed by atoms with Crippen molar-refractivity contribution in [3.05, 3.63) is 0 Å². The Labute approximate surface area is 66.8 Å². The lowest BCUT2D eigenvalue weighted by molar-refractivity contribution is 0.0815. The summed E-state index contributed by atoms with van der Waals surface area (Å²) in [5, 5.41) is 18.3. The van der Waals surface area contributed by atoms with Gasteiger partial charge >= 0.3 is 0 Å². The van der Waals surface area contributed by atoms with Crippen LogP contribution in [0, 0.1) is 28.6 Å². The van der Waals surface area contributed by atoms with Crippen LogP contribution in [0.1, 0.15) is 26.2 Å². The van der Waals surface area contributed by atoms with Gasteiger partial charge in [0, 0.05) is 0 Å². The number of aliphatic hydroxyl groups is 1. The molecule has 2 saturated carbocycles. The Kier molecular flexibility index (Phi) is 1.28. The third kappa shape index (κ3) is 0.810. The van der Waals surface area contributed by atoms with Crippen LogP contribution in [0.5, 0.6) is 0 Å². The standard InChI is InChI=1S/C9H13NO/c1-9(5-10)4-6-2-7(9)3-8(6)11/h6-8,11H,2-4H2,1H3/t6-,7-,8-,9+/m1/s1. The molecule has 2 fully saturated rings. The molecule has 60 valence electrons. The van der Waals surface area contributed by atoms with Gasteiger partial charge in [-0.2, -0.15) is 5.26 Å². The molecule has 0 unspecified atom stereocenters. The minimum absolute atomic E-state index is 0.110. The molecule has 2 rings (SSSR count). The lowest BCUT2D eigenvalue weighted by Gasteiger charge is -2.28. The summed E-state index contributed by atoms with van der Waals surface area (Å²) in [5.74, 6) is 0.886. The Morgan fingerprint density at radius 1 is 1.55 bits per heavy atom. The lowest BCUT2D eigenvalue weighted by atomic mass is 9.75. The number of rotatable bonds is 0. The number of hydrogen-bond acceptors (Lipinski definition) is 2. The van der Waals surface area contributed by atoms with E-state index in [2.05, 4.69) is 6.07 Å². The van der Waals surface area contributed by atoms with Crippen molar-refractivity contribution in [1.82, 2.24) is 0 Å². The Hall–Kier alpha value is -0.550. The molecular formula is C9H13NO. The Balaban J connectivity index is 2.21. The summed E-state index contributed by atoms with van der Waals surface area (Å²) >= 11 is 0. The molecule has 2 heteroatoms. The second kappa shape index (κ2) is 1.98. The molecule has 0 aromatic rings. The van der Waals surface area contributed by atoms with Crippen LogP contribution >= 0.6 is 0 Å². The van der Waals surface area contributed by atoms with Gasteiger partial charge in [0.15, 0.2) is 0 Å². The Bertz CT molecular complexity index is 218. The smallest absolute Gasteiger partial charge is 0.0689 e. The summed E-state index contributed by atoms with van der Waals surface area (Å²) < 4.78 is 0. The highest BCUT2D eigenvalue weighted by Crippen LogP contribution is 2.55. The van der Waals surface area contributed by atoms with Gasteiger partial charge < -0.3 is 5.11 Å². The predicted molar refractivity (Wildman–Crippen MR) is 40.6 cm³/mol.